The predicted molar refractivity (Wildman–Crippen MR) is 120 cm³/mol. The number of hydrogen-bond acceptors (Lipinski definition) is 4. The number of halogens is 1. The fourth-order valence-corrected chi connectivity index (χ4v) is 5.12. The van der Waals surface area contributed by atoms with Crippen molar-refractivity contribution in [2.75, 3.05) is 33.7 Å². The van der Waals surface area contributed by atoms with E-state index in [1.807, 2.05) is 6.07 Å². The molecule has 7 heteroatoms. The van der Waals surface area contributed by atoms with Crippen LogP contribution in [0.25, 0.3) is 11.0 Å². The maximum absolute atomic E-state index is 11.8. The maximum atomic E-state index is 11.8. The van der Waals surface area contributed by atoms with E-state index >= 15 is 0 Å². The van der Waals surface area contributed by atoms with E-state index < -0.39 is 0 Å². The molecule has 1 aromatic carbocycles. The van der Waals surface area contributed by atoms with Gasteiger partial charge in [0.05, 0.1) is 5.39 Å². The van der Waals surface area contributed by atoms with Crippen molar-refractivity contribution in [1.29, 1.82) is 0 Å². The van der Waals surface area contributed by atoms with E-state index in [1.165, 1.54) is 44.2 Å². The monoisotopic (exact) mass is 432 g/mol. The van der Waals surface area contributed by atoms with Crippen LogP contribution < -0.4 is 5.32 Å². The van der Waals surface area contributed by atoms with Crippen LogP contribution in [0.3, 0.4) is 0 Å². The molecule has 0 atom stereocenters. The Balaban J connectivity index is 1.18. The summed E-state index contributed by atoms with van der Waals surface area (Å²) < 4.78 is 5.33. The molecule has 0 unspecified atom stereocenters. The number of benzene rings is 1. The molecular weight excluding hydrogens is 400 g/mol. The SMILES string of the molecule is CN(C)C(=O)N[C@H]1CC[C@H](CCN2CCC(c3ccc4c(Cl)noc4c3)CC2)CC1. The van der Waals surface area contributed by atoms with Gasteiger partial charge in [0.1, 0.15) is 0 Å². The van der Waals surface area contributed by atoms with Gasteiger partial charge in [0.2, 0.25) is 0 Å². The first-order valence-electron chi connectivity index (χ1n) is 11.2. The summed E-state index contributed by atoms with van der Waals surface area (Å²) in [7, 11) is 3.60. The second kappa shape index (κ2) is 9.56. The molecule has 1 aromatic heterocycles. The number of nitrogens with zero attached hydrogens (tertiary/aromatic N) is 3. The molecule has 164 valence electrons. The van der Waals surface area contributed by atoms with E-state index in [0.717, 1.165) is 42.8 Å². The van der Waals surface area contributed by atoms with Crippen molar-refractivity contribution in [1.82, 2.24) is 20.3 Å². The van der Waals surface area contributed by atoms with Gasteiger partial charge in [-0.1, -0.05) is 22.8 Å². The quantitative estimate of drug-likeness (QED) is 0.731. The zero-order valence-corrected chi connectivity index (χ0v) is 18.8. The summed E-state index contributed by atoms with van der Waals surface area (Å²) in [6.45, 7) is 3.52. The minimum Gasteiger partial charge on any atom is -0.355 e. The molecule has 1 aliphatic carbocycles. The fourth-order valence-electron chi connectivity index (χ4n) is 4.93. The molecule has 2 aromatic rings. The minimum atomic E-state index is 0.0341. The number of piperidine rings is 1. The van der Waals surface area contributed by atoms with Crippen molar-refractivity contribution in [3.63, 3.8) is 0 Å². The van der Waals surface area contributed by atoms with Crippen LogP contribution >= 0.6 is 11.6 Å². The number of hydrogen-bond donors (Lipinski definition) is 1. The molecule has 0 spiro atoms. The van der Waals surface area contributed by atoms with Gasteiger partial charge >= 0.3 is 6.03 Å². The van der Waals surface area contributed by atoms with Crippen molar-refractivity contribution in [2.45, 2.75) is 56.9 Å². The number of amides is 2. The number of urea groups is 1. The first-order chi connectivity index (χ1) is 14.5. The van der Waals surface area contributed by atoms with Gasteiger partial charge in [-0.25, -0.2) is 4.79 Å². The van der Waals surface area contributed by atoms with Crippen molar-refractivity contribution >= 4 is 28.6 Å². The Labute approximate surface area is 183 Å². The molecule has 30 heavy (non-hydrogen) atoms. The molecule has 2 amide bonds. The summed E-state index contributed by atoms with van der Waals surface area (Å²) in [6, 6.07) is 6.71. The number of carbonyl (C=O) groups is 1. The van der Waals surface area contributed by atoms with Gasteiger partial charge in [0.25, 0.3) is 0 Å². The van der Waals surface area contributed by atoms with Crippen molar-refractivity contribution in [3.8, 4) is 0 Å². The number of aromatic nitrogens is 1. The van der Waals surface area contributed by atoms with Crippen LogP contribution in [0.4, 0.5) is 4.79 Å². The third-order valence-corrected chi connectivity index (χ3v) is 7.22. The van der Waals surface area contributed by atoms with Crippen LogP contribution in [-0.2, 0) is 0 Å². The zero-order valence-electron chi connectivity index (χ0n) is 18.1. The Kier molecular flexibility index (Phi) is 6.84. The first kappa shape index (κ1) is 21.4. The molecular formula is C23H33ClN4O2. The van der Waals surface area contributed by atoms with Crippen molar-refractivity contribution in [3.05, 3.63) is 28.9 Å². The molecule has 1 aliphatic heterocycles. The summed E-state index contributed by atoms with van der Waals surface area (Å²) in [5.74, 6) is 1.39. The molecule has 2 aliphatic rings. The highest BCUT2D eigenvalue weighted by Crippen LogP contribution is 2.33. The summed E-state index contributed by atoms with van der Waals surface area (Å²) in [4.78, 5) is 16.1. The van der Waals surface area contributed by atoms with Gasteiger partial charge in [-0.3, -0.25) is 0 Å². The van der Waals surface area contributed by atoms with E-state index in [0.29, 0.717) is 17.1 Å². The molecule has 1 N–H and O–H groups in total. The number of fused-ring (bicyclic) bond motifs is 1. The highest BCUT2D eigenvalue weighted by atomic mass is 35.5. The van der Waals surface area contributed by atoms with Gasteiger partial charge in [0, 0.05) is 20.1 Å². The van der Waals surface area contributed by atoms with Crippen LogP contribution in [0.15, 0.2) is 22.7 Å². The Morgan fingerprint density at radius 3 is 2.63 bits per heavy atom. The van der Waals surface area contributed by atoms with Crippen molar-refractivity contribution < 1.29 is 9.32 Å². The zero-order chi connectivity index (χ0) is 21.1. The molecule has 0 bridgehead atoms. The maximum Gasteiger partial charge on any atom is 0.317 e. The van der Waals surface area contributed by atoms with Crippen LogP contribution in [0.5, 0.6) is 0 Å². The lowest BCUT2D eigenvalue weighted by atomic mass is 9.83. The van der Waals surface area contributed by atoms with Gasteiger partial charge in [0.15, 0.2) is 10.7 Å². The largest absolute Gasteiger partial charge is 0.355 e. The molecule has 2 heterocycles. The summed E-state index contributed by atoms with van der Waals surface area (Å²) >= 11 is 6.04. The summed E-state index contributed by atoms with van der Waals surface area (Å²) in [5, 5.41) is 8.33. The van der Waals surface area contributed by atoms with E-state index in [1.54, 1.807) is 19.0 Å². The molecule has 0 radical (unpaired) electrons. The smallest absolute Gasteiger partial charge is 0.317 e. The number of likely N-dealkylation sites (tertiary alicyclic amines) is 1. The van der Waals surface area contributed by atoms with Crippen LogP contribution in [0.2, 0.25) is 5.15 Å². The molecule has 1 saturated heterocycles. The Morgan fingerprint density at radius 2 is 1.93 bits per heavy atom. The van der Waals surface area contributed by atoms with Crippen LogP contribution in [0.1, 0.15) is 56.4 Å². The average Bonchev–Trinajstić information content (AvgIpc) is 3.13. The van der Waals surface area contributed by atoms with Crippen LogP contribution in [0, 0.1) is 5.92 Å². The number of rotatable bonds is 5. The highest BCUT2D eigenvalue weighted by Gasteiger charge is 2.25. The predicted octanol–water partition coefficient (Wildman–Crippen LogP) is 4.88. The van der Waals surface area contributed by atoms with Gasteiger partial charge < -0.3 is 19.6 Å². The lowest BCUT2D eigenvalue weighted by Gasteiger charge is -2.34. The number of nitrogens with one attached hydrogen (secondary N) is 1. The minimum absolute atomic E-state index is 0.0341. The second-order valence-corrected chi connectivity index (χ2v) is 9.55. The highest BCUT2D eigenvalue weighted by molar-refractivity contribution is 6.34. The van der Waals surface area contributed by atoms with E-state index in [2.05, 4.69) is 27.5 Å². The summed E-state index contributed by atoms with van der Waals surface area (Å²) in [6.07, 6.45) is 8.35. The Bertz CT molecular complexity index is 852. The van der Waals surface area contributed by atoms with E-state index in [9.17, 15) is 4.79 Å². The lowest BCUT2D eigenvalue weighted by molar-refractivity contribution is 0.179. The second-order valence-electron chi connectivity index (χ2n) is 9.20. The Hall–Kier alpha value is -1.79. The average molecular weight is 433 g/mol. The normalized spacial score (nSPS) is 23.6. The third kappa shape index (κ3) is 5.09. The molecule has 6 nitrogen and oxygen atoms in total. The first-order valence-corrected chi connectivity index (χ1v) is 11.6. The molecule has 4 rings (SSSR count). The van der Waals surface area contributed by atoms with E-state index in [-0.39, 0.29) is 6.03 Å². The molecule has 2 fully saturated rings. The molecule has 1 saturated carbocycles. The van der Waals surface area contributed by atoms with Crippen molar-refractivity contribution in [2.24, 2.45) is 5.92 Å². The number of carbonyl (C=O) groups excluding carboxylic acids is 1. The van der Waals surface area contributed by atoms with Gasteiger partial charge in [-0.05, 0) is 94.1 Å². The topological polar surface area (TPSA) is 61.6 Å². The van der Waals surface area contributed by atoms with Crippen LogP contribution in [-0.4, -0.2) is 60.8 Å². The standard InChI is InChI=1S/C23H33ClN4O2/c1-27(2)23(29)25-19-6-3-16(4-7-19)9-12-28-13-10-17(11-14-28)18-5-8-20-21(15-18)30-26-22(20)24/h5,8,15-17,19H,3-4,6-7,9-14H2,1-2H3,(H,25,29)/t16-,19-. The van der Waals surface area contributed by atoms with Gasteiger partial charge in [-0.15, -0.1) is 0 Å². The van der Waals surface area contributed by atoms with Gasteiger partial charge in [-0.2, -0.15) is 0 Å². The third-order valence-electron chi connectivity index (χ3n) is 6.95. The lowest BCUT2D eigenvalue weighted by Crippen LogP contribution is -2.43. The summed E-state index contributed by atoms with van der Waals surface area (Å²) in [5.41, 5.74) is 2.13. The Morgan fingerprint density at radius 1 is 1.20 bits per heavy atom. The fraction of sp³-hybridized carbons (Fsp3) is 0.652. The van der Waals surface area contributed by atoms with E-state index in [4.69, 9.17) is 16.1 Å².